The fourth-order valence-corrected chi connectivity index (χ4v) is 1.55. The van der Waals surface area contributed by atoms with E-state index in [1.54, 1.807) is 18.0 Å². The van der Waals surface area contributed by atoms with Crippen LogP contribution >= 0.6 is 11.8 Å². The molecule has 0 aromatic carbocycles. The molecule has 15 heavy (non-hydrogen) atoms. The largest absolute Gasteiger partial charge is 0.377 e. The summed E-state index contributed by atoms with van der Waals surface area (Å²) in [5, 5.41) is 4.26. The van der Waals surface area contributed by atoms with Crippen molar-refractivity contribution in [3.8, 4) is 0 Å². The van der Waals surface area contributed by atoms with Crippen molar-refractivity contribution in [2.24, 2.45) is 0 Å². The molecule has 5 heteroatoms. The lowest BCUT2D eigenvalue weighted by Crippen LogP contribution is -2.01. The molecule has 0 radical (unpaired) electrons. The van der Waals surface area contributed by atoms with Gasteiger partial charge in [-0.15, -0.1) is 11.8 Å². The van der Waals surface area contributed by atoms with Crippen molar-refractivity contribution in [1.29, 1.82) is 0 Å². The number of hydrogen-bond acceptors (Lipinski definition) is 4. The van der Waals surface area contributed by atoms with E-state index in [1.807, 2.05) is 30.8 Å². The fourth-order valence-electron chi connectivity index (χ4n) is 1.19. The Morgan fingerprint density at radius 2 is 2.33 bits per heavy atom. The van der Waals surface area contributed by atoms with Gasteiger partial charge in [-0.05, 0) is 18.4 Å². The molecule has 0 unspecified atom stereocenters. The van der Waals surface area contributed by atoms with E-state index >= 15 is 0 Å². The molecule has 4 nitrogen and oxygen atoms in total. The Balaban J connectivity index is 1.93. The average Bonchev–Trinajstić information content (AvgIpc) is 2.80. The van der Waals surface area contributed by atoms with Crippen LogP contribution in [0.3, 0.4) is 0 Å². The summed E-state index contributed by atoms with van der Waals surface area (Å²) in [7, 11) is 0. The molecule has 0 fully saturated rings. The molecule has 0 aliphatic heterocycles. The highest BCUT2D eigenvalue weighted by Crippen LogP contribution is 2.13. The van der Waals surface area contributed by atoms with Crippen LogP contribution in [0.4, 0.5) is 5.69 Å². The molecule has 0 bridgehead atoms. The van der Waals surface area contributed by atoms with Crippen molar-refractivity contribution in [1.82, 2.24) is 15.0 Å². The van der Waals surface area contributed by atoms with Crippen molar-refractivity contribution in [3.63, 3.8) is 0 Å². The molecule has 78 valence electrons. The van der Waals surface area contributed by atoms with Crippen LogP contribution < -0.4 is 5.32 Å². The van der Waals surface area contributed by atoms with Gasteiger partial charge in [0, 0.05) is 12.4 Å². The van der Waals surface area contributed by atoms with Gasteiger partial charge < -0.3 is 10.3 Å². The lowest BCUT2D eigenvalue weighted by atomic mass is 10.4. The monoisotopic (exact) mass is 220 g/mol. The molecular formula is C10H12N4S. The number of anilines is 1. The Bertz CT molecular complexity index is 396. The molecule has 2 N–H and O–H groups in total. The predicted molar refractivity (Wildman–Crippen MR) is 61.9 cm³/mol. The molecule has 0 aliphatic rings. The lowest BCUT2D eigenvalue weighted by molar-refractivity contribution is 0.993. The second-order valence-corrected chi connectivity index (χ2v) is 3.81. The van der Waals surface area contributed by atoms with Crippen LogP contribution in [-0.4, -0.2) is 21.2 Å². The fraction of sp³-hybridized carbons (Fsp3) is 0.200. The zero-order chi connectivity index (χ0) is 10.5. The van der Waals surface area contributed by atoms with Gasteiger partial charge in [0.25, 0.3) is 0 Å². The number of H-pyrrole nitrogens is 1. The number of rotatable bonds is 4. The number of pyridine rings is 1. The predicted octanol–water partition coefficient (Wildman–Crippen LogP) is 2.14. The maximum Gasteiger partial charge on any atom is 0.125 e. The van der Waals surface area contributed by atoms with Crippen LogP contribution in [-0.2, 0) is 6.54 Å². The Morgan fingerprint density at radius 1 is 1.40 bits per heavy atom. The molecule has 2 heterocycles. The van der Waals surface area contributed by atoms with Crippen molar-refractivity contribution in [2.45, 2.75) is 11.6 Å². The van der Waals surface area contributed by atoms with Crippen molar-refractivity contribution >= 4 is 17.4 Å². The number of thioether (sulfide) groups is 1. The van der Waals surface area contributed by atoms with Crippen LogP contribution in [0.2, 0.25) is 0 Å². The topological polar surface area (TPSA) is 53.6 Å². The van der Waals surface area contributed by atoms with Gasteiger partial charge in [-0.3, -0.25) is 0 Å². The third-order valence-corrected chi connectivity index (χ3v) is 2.62. The summed E-state index contributed by atoms with van der Waals surface area (Å²) in [6, 6.07) is 4.01. The molecule has 2 aromatic rings. The van der Waals surface area contributed by atoms with Gasteiger partial charge in [-0.1, -0.05) is 0 Å². The van der Waals surface area contributed by atoms with Gasteiger partial charge in [-0.25, -0.2) is 9.97 Å². The quantitative estimate of drug-likeness (QED) is 0.775. The van der Waals surface area contributed by atoms with Crippen molar-refractivity contribution < 1.29 is 0 Å². The maximum atomic E-state index is 4.27. The first-order chi connectivity index (χ1) is 7.38. The van der Waals surface area contributed by atoms with Crippen LogP contribution in [0.5, 0.6) is 0 Å². The Kier molecular flexibility index (Phi) is 3.24. The second kappa shape index (κ2) is 4.84. The number of aromatic amines is 1. The van der Waals surface area contributed by atoms with Gasteiger partial charge in [0.05, 0.1) is 23.5 Å². The summed E-state index contributed by atoms with van der Waals surface area (Å²) in [6.45, 7) is 0.688. The van der Waals surface area contributed by atoms with E-state index in [2.05, 4.69) is 20.3 Å². The average molecular weight is 220 g/mol. The summed E-state index contributed by atoms with van der Waals surface area (Å²) in [6.07, 6.45) is 7.39. The summed E-state index contributed by atoms with van der Waals surface area (Å²) in [4.78, 5) is 11.4. The molecule has 0 saturated carbocycles. The van der Waals surface area contributed by atoms with E-state index in [0.29, 0.717) is 6.54 Å². The molecule has 0 spiro atoms. The minimum atomic E-state index is 0.688. The number of hydrogen-bond donors (Lipinski definition) is 2. The Labute approximate surface area is 92.5 Å². The standard InChI is InChI=1S/C10H12N4S/c1-15-10-3-2-8(6-14-10)13-7-9-11-4-5-12-9/h2-6,13H,7H2,1H3,(H,11,12). The van der Waals surface area contributed by atoms with Gasteiger partial charge in [0.1, 0.15) is 5.82 Å². The van der Waals surface area contributed by atoms with Gasteiger partial charge in [0.15, 0.2) is 0 Å². The summed E-state index contributed by atoms with van der Waals surface area (Å²) in [5.74, 6) is 0.920. The molecule has 0 atom stereocenters. The van der Waals surface area contributed by atoms with Gasteiger partial charge in [-0.2, -0.15) is 0 Å². The van der Waals surface area contributed by atoms with Crippen LogP contribution in [0.1, 0.15) is 5.82 Å². The third kappa shape index (κ3) is 2.73. The number of imidazole rings is 1. The maximum absolute atomic E-state index is 4.27. The van der Waals surface area contributed by atoms with Crippen LogP contribution in [0.15, 0.2) is 35.7 Å². The molecule has 0 aliphatic carbocycles. The molecule has 2 rings (SSSR count). The molecule has 2 aromatic heterocycles. The first-order valence-corrected chi connectivity index (χ1v) is 5.83. The Hall–Kier alpha value is -1.49. The van der Waals surface area contributed by atoms with E-state index in [9.17, 15) is 0 Å². The summed E-state index contributed by atoms with van der Waals surface area (Å²) < 4.78 is 0. The number of nitrogens with one attached hydrogen (secondary N) is 2. The zero-order valence-corrected chi connectivity index (χ0v) is 9.21. The minimum Gasteiger partial charge on any atom is -0.377 e. The molecule has 0 amide bonds. The minimum absolute atomic E-state index is 0.688. The SMILES string of the molecule is CSc1ccc(NCc2ncc[nH]2)cn1. The van der Waals surface area contributed by atoms with Crippen LogP contribution in [0, 0.1) is 0 Å². The van der Waals surface area contributed by atoms with Crippen LogP contribution in [0.25, 0.3) is 0 Å². The first kappa shape index (κ1) is 10.0. The first-order valence-electron chi connectivity index (χ1n) is 4.60. The molecular weight excluding hydrogens is 208 g/mol. The van der Waals surface area contributed by atoms with E-state index in [1.165, 1.54) is 0 Å². The Morgan fingerprint density at radius 3 is 2.93 bits per heavy atom. The van der Waals surface area contributed by atoms with E-state index in [-0.39, 0.29) is 0 Å². The highest BCUT2D eigenvalue weighted by atomic mass is 32.2. The molecule has 0 saturated heterocycles. The van der Waals surface area contributed by atoms with E-state index in [0.717, 1.165) is 16.5 Å². The number of aromatic nitrogens is 3. The van der Waals surface area contributed by atoms with Crippen molar-refractivity contribution in [3.05, 3.63) is 36.5 Å². The highest BCUT2D eigenvalue weighted by Gasteiger charge is 1.96. The lowest BCUT2D eigenvalue weighted by Gasteiger charge is -2.04. The van der Waals surface area contributed by atoms with Gasteiger partial charge >= 0.3 is 0 Å². The summed E-state index contributed by atoms with van der Waals surface area (Å²) >= 11 is 1.64. The van der Waals surface area contributed by atoms with Gasteiger partial charge in [0.2, 0.25) is 0 Å². The second-order valence-electron chi connectivity index (χ2n) is 2.98. The summed E-state index contributed by atoms with van der Waals surface area (Å²) in [5.41, 5.74) is 1.00. The zero-order valence-electron chi connectivity index (χ0n) is 8.40. The van der Waals surface area contributed by atoms with E-state index in [4.69, 9.17) is 0 Å². The number of nitrogens with zero attached hydrogens (tertiary/aromatic N) is 2. The van der Waals surface area contributed by atoms with E-state index < -0.39 is 0 Å². The highest BCUT2D eigenvalue weighted by molar-refractivity contribution is 7.98. The smallest absolute Gasteiger partial charge is 0.125 e. The third-order valence-electron chi connectivity index (χ3n) is 1.96. The van der Waals surface area contributed by atoms with Crippen molar-refractivity contribution in [2.75, 3.05) is 11.6 Å². The normalized spacial score (nSPS) is 10.2.